The summed E-state index contributed by atoms with van der Waals surface area (Å²) in [4.78, 5) is 11.0. The van der Waals surface area contributed by atoms with Crippen LogP contribution in [-0.2, 0) is 17.8 Å². The molecule has 1 aliphatic heterocycles. The number of methoxy groups -OCH3 is 1. The van der Waals surface area contributed by atoms with E-state index >= 15 is 0 Å². The molecule has 4 heteroatoms. The predicted molar refractivity (Wildman–Crippen MR) is 52.9 cm³/mol. The first-order valence-electron chi connectivity index (χ1n) is 4.70. The standard InChI is InChI=1S/C11H12O4/c1-14-10-3-2-7-6-15-11(13)4-8(7)9(10)5-12/h2-3,5,11,13H,4,6H2,1H3. The zero-order chi connectivity index (χ0) is 10.8. The van der Waals surface area contributed by atoms with Crippen LogP contribution in [0, 0.1) is 0 Å². The maximum atomic E-state index is 11.0. The Morgan fingerprint density at radius 2 is 2.40 bits per heavy atom. The molecule has 1 unspecified atom stereocenters. The topological polar surface area (TPSA) is 55.8 Å². The van der Waals surface area contributed by atoms with E-state index in [9.17, 15) is 9.90 Å². The second kappa shape index (κ2) is 4.00. The smallest absolute Gasteiger partial charge is 0.159 e. The summed E-state index contributed by atoms with van der Waals surface area (Å²) in [6.45, 7) is 0.335. The van der Waals surface area contributed by atoms with Crippen LogP contribution in [0.25, 0.3) is 0 Å². The first-order chi connectivity index (χ1) is 7.26. The van der Waals surface area contributed by atoms with E-state index in [4.69, 9.17) is 9.47 Å². The fourth-order valence-corrected chi connectivity index (χ4v) is 1.79. The van der Waals surface area contributed by atoms with Gasteiger partial charge in [0.05, 0.1) is 19.3 Å². The van der Waals surface area contributed by atoms with Crippen molar-refractivity contribution in [3.05, 3.63) is 28.8 Å². The van der Waals surface area contributed by atoms with E-state index in [1.54, 1.807) is 6.07 Å². The Kier molecular flexibility index (Phi) is 2.70. The molecule has 0 fully saturated rings. The summed E-state index contributed by atoms with van der Waals surface area (Å²) in [7, 11) is 1.52. The lowest BCUT2D eigenvalue weighted by molar-refractivity contribution is -0.115. The molecule has 2 rings (SSSR count). The minimum absolute atomic E-state index is 0.334. The van der Waals surface area contributed by atoms with Gasteiger partial charge < -0.3 is 14.6 Å². The summed E-state index contributed by atoms with van der Waals surface area (Å²) in [5.41, 5.74) is 2.27. The number of fused-ring (bicyclic) bond motifs is 1. The summed E-state index contributed by atoms with van der Waals surface area (Å²) in [5, 5.41) is 9.36. The van der Waals surface area contributed by atoms with E-state index in [-0.39, 0.29) is 0 Å². The molecule has 0 saturated carbocycles. The van der Waals surface area contributed by atoms with Crippen molar-refractivity contribution in [3.63, 3.8) is 0 Å². The van der Waals surface area contributed by atoms with Crippen LogP contribution in [0.15, 0.2) is 12.1 Å². The van der Waals surface area contributed by atoms with Crippen LogP contribution < -0.4 is 4.74 Å². The highest BCUT2D eigenvalue weighted by Crippen LogP contribution is 2.28. The van der Waals surface area contributed by atoms with Gasteiger partial charge in [-0.3, -0.25) is 4.79 Å². The number of aldehydes is 1. The third kappa shape index (κ3) is 1.73. The second-order valence-electron chi connectivity index (χ2n) is 3.41. The molecule has 1 aromatic carbocycles. The third-order valence-electron chi connectivity index (χ3n) is 2.56. The number of aliphatic hydroxyl groups excluding tert-OH is 1. The molecule has 0 spiro atoms. The molecule has 1 N–H and O–H groups in total. The summed E-state index contributed by atoms with van der Waals surface area (Å²) in [6.07, 6.45) is 0.263. The zero-order valence-corrected chi connectivity index (χ0v) is 8.40. The molecule has 0 saturated heterocycles. The Balaban J connectivity index is 2.52. The molecule has 0 radical (unpaired) electrons. The quantitative estimate of drug-likeness (QED) is 0.733. The Hall–Kier alpha value is -1.39. The molecule has 1 atom stereocenters. The van der Waals surface area contributed by atoms with Gasteiger partial charge in [0.1, 0.15) is 5.75 Å². The summed E-state index contributed by atoms with van der Waals surface area (Å²) < 4.78 is 10.2. The molecular formula is C11H12O4. The van der Waals surface area contributed by atoms with E-state index in [0.29, 0.717) is 24.3 Å². The molecule has 0 aromatic heterocycles. The molecule has 0 amide bonds. The normalized spacial score (nSPS) is 19.5. The number of aliphatic hydroxyl groups is 1. The average Bonchev–Trinajstić information content (AvgIpc) is 2.27. The van der Waals surface area contributed by atoms with Gasteiger partial charge in [0.2, 0.25) is 0 Å². The van der Waals surface area contributed by atoms with Crippen molar-refractivity contribution in [1.82, 2.24) is 0 Å². The van der Waals surface area contributed by atoms with Gasteiger partial charge >= 0.3 is 0 Å². The predicted octanol–water partition coefficient (Wildman–Crippen LogP) is 0.899. The number of hydrogen-bond donors (Lipinski definition) is 1. The summed E-state index contributed by atoms with van der Waals surface area (Å²) in [5.74, 6) is 0.540. The summed E-state index contributed by atoms with van der Waals surface area (Å²) in [6, 6.07) is 3.59. The fraction of sp³-hybridized carbons (Fsp3) is 0.364. The van der Waals surface area contributed by atoms with Crippen LogP contribution in [0.4, 0.5) is 0 Å². The molecule has 0 bridgehead atoms. The van der Waals surface area contributed by atoms with E-state index in [0.717, 1.165) is 17.4 Å². The molecule has 1 aromatic rings. The highest BCUT2D eigenvalue weighted by Gasteiger charge is 2.21. The second-order valence-corrected chi connectivity index (χ2v) is 3.41. The van der Waals surface area contributed by atoms with Gasteiger partial charge in [-0.2, -0.15) is 0 Å². The van der Waals surface area contributed by atoms with Gasteiger partial charge in [-0.05, 0) is 17.2 Å². The first kappa shape index (κ1) is 10.1. The Morgan fingerprint density at radius 1 is 1.60 bits per heavy atom. The van der Waals surface area contributed by atoms with Gasteiger partial charge in [-0.25, -0.2) is 0 Å². The number of carbonyl (C=O) groups excluding carboxylic acids is 1. The lowest BCUT2D eigenvalue weighted by Crippen LogP contribution is -2.23. The van der Waals surface area contributed by atoms with Crippen LogP contribution in [0.2, 0.25) is 0 Å². The van der Waals surface area contributed by atoms with Crippen LogP contribution in [-0.4, -0.2) is 24.8 Å². The van der Waals surface area contributed by atoms with Crippen molar-refractivity contribution < 1.29 is 19.4 Å². The number of rotatable bonds is 2. The van der Waals surface area contributed by atoms with Crippen LogP contribution >= 0.6 is 0 Å². The molecule has 1 aliphatic rings. The Labute approximate surface area is 87.4 Å². The van der Waals surface area contributed by atoms with Gasteiger partial charge in [-0.1, -0.05) is 6.07 Å². The van der Waals surface area contributed by atoms with E-state index < -0.39 is 6.29 Å². The van der Waals surface area contributed by atoms with Crippen LogP contribution in [0.1, 0.15) is 21.5 Å². The zero-order valence-electron chi connectivity index (χ0n) is 8.40. The van der Waals surface area contributed by atoms with Gasteiger partial charge in [0.15, 0.2) is 12.6 Å². The number of ether oxygens (including phenoxy) is 2. The molecule has 1 heterocycles. The molecule has 80 valence electrons. The first-order valence-corrected chi connectivity index (χ1v) is 4.70. The van der Waals surface area contributed by atoms with Crippen LogP contribution in [0.5, 0.6) is 5.75 Å². The monoisotopic (exact) mass is 208 g/mol. The van der Waals surface area contributed by atoms with Crippen molar-refractivity contribution in [2.24, 2.45) is 0 Å². The van der Waals surface area contributed by atoms with E-state index in [1.165, 1.54) is 7.11 Å². The average molecular weight is 208 g/mol. The van der Waals surface area contributed by atoms with Gasteiger partial charge in [0.25, 0.3) is 0 Å². The van der Waals surface area contributed by atoms with Crippen LogP contribution in [0.3, 0.4) is 0 Å². The number of benzene rings is 1. The van der Waals surface area contributed by atoms with Crippen molar-refractivity contribution in [1.29, 1.82) is 0 Å². The maximum Gasteiger partial charge on any atom is 0.159 e. The van der Waals surface area contributed by atoms with Crippen molar-refractivity contribution in [2.75, 3.05) is 7.11 Å². The minimum Gasteiger partial charge on any atom is -0.496 e. The fourth-order valence-electron chi connectivity index (χ4n) is 1.79. The highest BCUT2D eigenvalue weighted by molar-refractivity contribution is 5.82. The number of hydrogen-bond acceptors (Lipinski definition) is 4. The van der Waals surface area contributed by atoms with Gasteiger partial charge in [-0.15, -0.1) is 0 Å². The Morgan fingerprint density at radius 3 is 3.07 bits per heavy atom. The maximum absolute atomic E-state index is 11.0. The SMILES string of the molecule is COc1ccc2c(c1C=O)CC(O)OC2. The summed E-state index contributed by atoms with van der Waals surface area (Å²) >= 11 is 0. The number of carbonyl (C=O) groups is 1. The van der Waals surface area contributed by atoms with Crippen molar-refractivity contribution >= 4 is 6.29 Å². The van der Waals surface area contributed by atoms with Crippen molar-refractivity contribution in [3.8, 4) is 5.75 Å². The van der Waals surface area contributed by atoms with Crippen molar-refractivity contribution in [2.45, 2.75) is 19.3 Å². The molecule has 15 heavy (non-hydrogen) atoms. The van der Waals surface area contributed by atoms with E-state index in [2.05, 4.69) is 0 Å². The third-order valence-corrected chi connectivity index (χ3v) is 2.56. The lowest BCUT2D eigenvalue weighted by Gasteiger charge is -2.23. The molecule has 0 aliphatic carbocycles. The molecular weight excluding hydrogens is 196 g/mol. The molecule has 4 nitrogen and oxygen atoms in total. The van der Waals surface area contributed by atoms with E-state index in [1.807, 2.05) is 6.07 Å². The highest BCUT2D eigenvalue weighted by atomic mass is 16.6. The Bertz CT molecular complexity index is 386. The van der Waals surface area contributed by atoms with Gasteiger partial charge in [0, 0.05) is 6.42 Å². The lowest BCUT2D eigenvalue weighted by atomic mass is 9.96. The minimum atomic E-state index is -0.830. The largest absolute Gasteiger partial charge is 0.496 e.